The fourth-order valence-corrected chi connectivity index (χ4v) is 1.27. The van der Waals surface area contributed by atoms with Crippen molar-refractivity contribution in [3.8, 4) is 0 Å². The fraction of sp³-hybridized carbons (Fsp3) is 0.571. The summed E-state index contributed by atoms with van der Waals surface area (Å²) in [5.74, 6) is 0. The van der Waals surface area contributed by atoms with Gasteiger partial charge >= 0.3 is 0 Å². The molecule has 0 aliphatic heterocycles. The van der Waals surface area contributed by atoms with E-state index in [1.807, 2.05) is 0 Å². The number of aromatic nitrogens is 2. The van der Waals surface area contributed by atoms with Gasteiger partial charge in [-0.3, -0.25) is 4.68 Å². The van der Waals surface area contributed by atoms with E-state index in [0.29, 0.717) is 6.04 Å². The quantitative estimate of drug-likeness (QED) is 0.681. The molecule has 0 amide bonds. The average molecular weight is 201 g/mol. The molecule has 0 radical (unpaired) electrons. The SMILES string of the molecule is Cc1cn(C2CC2)nc1Br. The summed E-state index contributed by atoms with van der Waals surface area (Å²) in [5.41, 5.74) is 1.23. The zero-order valence-electron chi connectivity index (χ0n) is 5.84. The van der Waals surface area contributed by atoms with Crippen LogP contribution in [0.15, 0.2) is 10.8 Å². The van der Waals surface area contributed by atoms with E-state index in [1.165, 1.54) is 18.4 Å². The van der Waals surface area contributed by atoms with Gasteiger partial charge in [0.05, 0.1) is 6.04 Å². The van der Waals surface area contributed by atoms with Gasteiger partial charge in [0.15, 0.2) is 0 Å². The zero-order valence-corrected chi connectivity index (χ0v) is 7.43. The highest BCUT2D eigenvalue weighted by atomic mass is 79.9. The summed E-state index contributed by atoms with van der Waals surface area (Å²) < 4.78 is 3.04. The van der Waals surface area contributed by atoms with Crippen molar-refractivity contribution in [2.45, 2.75) is 25.8 Å². The molecule has 1 heterocycles. The first-order valence-electron chi connectivity index (χ1n) is 3.48. The molecule has 1 fully saturated rings. The molecule has 0 spiro atoms. The van der Waals surface area contributed by atoms with E-state index in [2.05, 4.69) is 38.8 Å². The van der Waals surface area contributed by atoms with Crippen molar-refractivity contribution in [1.82, 2.24) is 9.78 Å². The Kier molecular flexibility index (Phi) is 1.34. The maximum absolute atomic E-state index is 4.31. The summed E-state index contributed by atoms with van der Waals surface area (Å²) >= 11 is 3.38. The van der Waals surface area contributed by atoms with E-state index in [4.69, 9.17) is 0 Å². The van der Waals surface area contributed by atoms with E-state index in [9.17, 15) is 0 Å². The number of aryl methyl sites for hydroxylation is 1. The van der Waals surface area contributed by atoms with Gasteiger partial charge in [-0.1, -0.05) is 0 Å². The molecule has 0 saturated heterocycles. The Bertz CT molecular complexity index is 231. The molecule has 0 bridgehead atoms. The molecule has 2 nitrogen and oxygen atoms in total. The van der Waals surface area contributed by atoms with Gasteiger partial charge in [0.25, 0.3) is 0 Å². The second-order valence-corrected chi connectivity index (χ2v) is 3.57. The normalized spacial score (nSPS) is 17.8. The first kappa shape index (κ1) is 6.40. The van der Waals surface area contributed by atoms with Gasteiger partial charge in [0.1, 0.15) is 4.60 Å². The summed E-state index contributed by atoms with van der Waals surface area (Å²) in [7, 11) is 0. The smallest absolute Gasteiger partial charge is 0.131 e. The molecule has 3 heteroatoms. The minimum atomic E-state index is 0.699. The van der Waals surface area contributed by atoms with Gasteiger partial charge in [-0.2, -0.15) is 5.10 Å². The molecule has 2 rings (SSSR count). The van der Waals surface area contributed by atoms with Crippen LogP contribution in [0.5, 0.6) is 0 Å². The highest BCUT2D eigenvalue weighted by Gasteiger charge is 2.24. The lowest BCUT2D eigenvalue weighted by Crippen LogP contribution is -1.92. The van der Waals surface area contributed by atoms with Gasteiger partial charge in [-0.15, -0.1) is 0 Å². The first-order chi connectivity index (χ1) is 4.77. The summed E-state index contributed by atoms with van der Waals surface area (Å²) in [6, 6.07) is 0.699. The van der Waals surface area contributed by atoms with Crippen molar-refractivity contribution in [2.24, 2.45) is 0 Å². The van der Waals surface area contributed by atoms with Crippen LogP contribution in [0.3, 0.4) is 0 Å². The lowest BCUT2D eigenvalue weighted by atomic mass is 10.4. The van der Waals surface area contributed by atoms with Crippen LogP contribution >= 0.6 is 15.9 Å². The van der Waals surface area contributed by atoms with Gasteiger partial charge < -0.3 is 0 Å². The zero-order chi connectivity index (χ0) is 7.14. The number of rotatable bonds is 1. The molecule has 1 aliphatic carbocycles. The van der Waals surface area contributed by atoms with Crippen LogP contribution < -0.4 is 0 Å². The molecule has 0 unspecified atom stereocenters. The maximum Gasteiger partial charge on any atom is 0.131 e. The van der Waals surface area contributed by atoms with Gasteiger partial charge in [0, 0.05) is 11.8 Å². The van der Waals surface area contributed by atoms with Crippen molar-refractivity contribution in [2.75, 3.05) is 0 Å². The fourth-order valence-electron chi connectivity index (χ4n) is 0.987. The Hall–Kier alpha value is -0.310. The van der Waals surface area contributed by atoms with Gasteiger partial charge in [0.2, 0.25) is 0 Å². The highest BCUT2D eigenvalue weighted by Crippen LogP contribution is 2.35. The van der Waals surface area contributed by atoms with E-state index in [1.54, 1.807) is 0 Å². The van der Waals surface area contributed by atoms with Crippen molar-refractivity contribution in [3.05, 3.63) is 16.4 Å². The summed E-state index contributed by atoms with van der Waals surface area (Å²) in [4.78, 5) is 0. The summed E-state index contributed by atoms with van der Waals surface area (Å²) in [5, 5.41) is 4.31. The number of nitrogens with zero attached hydrogens (tertiary/aromatic N) is 2. The van der Waals surface area contributed by atoms with Crippen molar-refractivity contribution < 1.29 is 0 Å². The lowest BCUT2D eigenvalue weighted by Gasteiger charge is -1.91. The number of hydrogen-bond donors (Lipinski definition) is 0. The molecular formula is C7H9BrN2. The van der Waals surface area contributed by atoms with E-state index in [0.717, 1.165) is 4.60 Å². The molecule has 10 heavy (non-hydrogen) atoms. The van der Waals surface area contributed by atoms with Gasteiger partial charge in [-0.05, 0) is 35.7 Å². The topological polar surface area (TPSA) is 17.8 Å². The minimum Gasteiger partial charge on any atom is -0.268 e. The predicted octanol–water partition coefficient (Wildman–Crippen LogP) is 2.29. The minimum absolute atomic E-state index is 0.699. The molecule has 1 aliphatic rings. The van der Waals surface area contributed by atoms with Gasteiger partial charge in [-0.25, -0.2) is 0 Å². The Morgan fingerprint density at radius 1 is 1.70 bits per heavy atom. The molecule has 1 saturated carbocycles. The summed E-state index contributed by atoms with van der Waals surface area (Å²) in [6.45, 7) is 2.07. The Morgan fingerprint density at radius 3 is 2.80 bits per heavy atom. The first-order valence-corrected chi connectivity index (χ1v) is 4.28. The molecule has 0 N–H and O–H groups in total. The van der Waals surface area contributed by atoms with Crippen molar-refractivity contribution >= 4 is 15.9 Å². The Morgan fingerprint density at radius 2 is 2.40 bits per heavy atom. The third-order valence-corrected chi connectivity index (χ3v) is 2.56. The number of halogens is 1. The lowest BCUT2D eigenvalue weighted by molar-refractivity contribution is 0.637. The molecule has 0 atom stereocenters. The highest BCUT2D eigenvalue weighted by molar-refractivity contribution is 9.10. The Labute approximate surface area is 68.4 Å². The third kappa shape index (κ3) is 0.985. The van der Waals surface area contributed by atoms with Crippen LogP contribution in [0.25, 0.3) is 0 Å². The molecule has 0 aromatic carbocycles. The Balaban J connectivity index is 2.34. The van der Waals surface area contributed by atoms with Crippen molar-refractivity contribution in [3.63, 3.8) is 0 Å². The van der Waals surface area contributed by atoms with E-state index < -0.39 is 0 Å². The third-order valence-electron chi connectivity index (χ3n) is 1.78. The number of hydrogen-bond acceptors (Lipinski definition) is 1. The molecule has 1 aromatic rings. The molecular weight excluding hydrogens is 192 g/mol. The van der Waals surface area contributed by atoms with Crippen LogP contribution in [0, 0.1) is 6.92 Å². The maximum atomic E-state index is 4.31. The summed E-state index contributed by atoms with van der Waals surface area (Å²) in [6.07, 6.45) is 4.70. The second-order valence-electron chi connectivity index (χ2n) is 2.81. The average Bonchev–Trinajstić information content (AvgIpc) is 2.64. The van der Waals surface area contributed by atoms with Crippen LogP contribution in [-0.4, -0.2) is 9.78 Å². The largest absolute Gasteiger partial charge is 0.268 e. The van der Waals surface area contributed by atoms with E-state index in [-0.39, 0.29) is 0 Å². The van der Waals surface area contributed by atoms with E-state index >= 15 is 0 Å². The van der Waals surface area contributed by atoms with Crippen LogP contribution in [0.1, 0.15) is 24.4 Å². The molecule has 1 aromatic heterocycles. The van der Waals surface area contributed by atoms with Crippen molar-refractivity contribution in [1.29, 1.82) is 0 Å². The predicted molar refractivity (Wildman–Crippen MR) is 42.9 cm³/mol. The van der Waals surface area contributed by atoms with Crippen LogP contribution in [0.4, 0.5) is 0 Å². The van der Waals surface area contributed by atoms with Crippen LogP contribution in [-0.2, 0) is 0 Å². The molecule has 54 valence electrons. The monoisotopic (exact) mass is 200 g/mol. The van der Waals surface area contributed by atoms with Crippen LogP contribution in [0.2, 0.25) is 0 Å². The standard InChI is InChI=1S/C7H9BrN2/c1-5-4-10(6-2-3-6)9-7(5)8/h4,6H,2-3H2,1H3. The second kappa shape index (κ2) is 2.09.